The summed E-state index contributed by atoms with van der Waals surface area (Å²) in [6.45, 7) is 17.1. The van der Waals surface area contributed by atoms with Gasteiger partial charge in [-0.3, -0.25) is 14.4 Å². The molecule has 0 aromatic carbocycles. The van der Waals surface area contributed by atoms with Crippen LogP contribution in [0.15, 0.2) is 24.3 Å². The smallest absolute Gasteiger partial charge is 0.249 e. The molecule has 2 fully saturated rings. The van der Waals surface area contributed by atoms with Crippen LogP contribution in [0, 0.1) is 23.2 Å². The Balaban J connectivity index is 1.90. The zero-order chi connectivity index (χ0) is 28.4. The van der Waals surface area contributed by atoms with E-state index in [0.29, 0.717) is 19.5 Å². The van der Waals surface area contributed by atoms with Gasteiger partial charge in [-0.25, -0.2) is 0 Å². The molecule has 0 bridgehead atoms. The third-order valence-corrected chi connectivity index (χ3v) is 8.74. The van der Waals surface area contributed by atoms with E-state index in [1.807, 2.05) is 50.0 Å². The largest absolute Gasteiger partial charge is 0.394 e. The van der Waals surface area contributed by atoms with Crippen molar-refractivity contribution in [3.63, 3.8) is 0 Å². The highest BCUT2D eigenvalue weighted by Gasteiger charge is 2.75. The van der Waals surface area contributed by atoms with Gasteiger partial charge in [0.05, 0.1) is 30.1 Å². The van der Waals surface area contributed by atoms with Crippen LogP contribution in [0.1, 0.15) is 68.2 Å². The van der Waals surface area contributed by atoms with Crippen molar-refractivity contribution < 1.29 is 24.2 Å². The van der Waals surface area contributed by atoms with Crippen molar-refractivity contribution in [1.82, 2.24) is 14.7 Å². The second-order valence-corrected chi connectivity index (χ2v) is 14.2. The number of aliphatic hydroxyl groups is 1. The zero-order valence-corrected chi connectivity index (χ0v) is 24.7. The number of likely N-dealkylation sites (N-methyl/N-ethyl adjacent to an activating group) is 1. The highest BCUT2D eigenvalue weighted by Crippen LogP contribution is 2.58. The fraction of sp³-hybridized carbons (Fsp3) is 0.767. The van der Waals surface area contributed by atoms with E-state index in [1.54, 1.807) is 16.8 Å². The van der Waals surface area contributed by atoms with Crippen molar-refractivity contribution in [1.29, 1.82) is 0 Å². The molecule has 38 heavy (non-hydrogen) atoms. The number of rotatable bonds is 6. The second-order valence-electron chi connectivity index (χ2n) is 14.2. The summed E-state index contributed by atoms with van der Waals surface area (Å²) in [7, 11) is 1.73. The molecule has 1 N–H and O–H groups in total. The third kappa shape index (κ3) is 4.51. The van der Waals surface area contributed by atoms with Crippen molar-refractivity contribution >= 4 is 17.7 Å². The SMILES string of the molecule is CC(C)C[C@H](CO)N1C(=O)[C@@H]2[C@@H]3C(=O)N(C)CC=C[C@]3(C)O[C@@]23C=CCN(C(C)(C)CC(C)(C)C)C(=O)C13. The molecule has 4 aliphatic heterocycles. The highest BCUT2D eigenvalue weighted by atomic mass is 16.5. The van der Waals surface area contributed by atoms with Gasteiger partial charge in [-0.05, 0) is 44.9 Å². The Morgan fingerprint density at radius 3 is 2.21 bits per heavy atom. The van der Waals surface area contributed by atoms with Crippen LogP contribution in [0.3, 0.4) is 0 Å². The molecule has 212 valence electrons. The lowest BCUT2D eigenvalue weighted by molar-refractivity contribution is -0.159. The molecule has 4 aliphatic rings. The Bertz CT molecular complexity index is 1040. The Morgan fingerprint density at radius 2 is 1.63 bits per heavy atom. The minimum Gasteiger partial charge on any atom is -0.394 e. The Morgan fingerprint density at radius 1 is 1.00 bits per heavy atom. The van der Waals surface area contributed by atoms with Gasteiger partial charge in [0.25, 0.3) is 0 Å². The monoisotopic (exact) mass is 529 g/mol. The van der Waals surface area contributed by atoms with Gasteiger partial charge >= 0.3 is 0 Å². The van der Waals surface area contributed by atoms with Crippen LogP contribution in [0.4, 0.5) is 0 Å². The zero-order valence-electron chi connectivity index (χ0n) is 24.7. The number of carbonyl (C=O) groups is 3. The molecule has 1 spiro atoms. The first-order chi connectivity index (χ1) is 17.5. The standard InChI is InChI=1S/C30H47N3O5/c1-19(2)16-20(17-34)33-23-26(37)32(28(6,7)18-27(3,4)5)15-11-13-30(23)22(25(33)36)21-24(35)31(9)14-10-12-29(21,8)38-30/h10-13,19-23,34H,14-18H2,1-9H3/t20-,21-,22+,23?,29+,30+/m1/s1. The minimum absolute atomic E-state index is 0.0250. The fourth-order valence-electron chi connectivity index (χ4n) is 7.73. The Hall–Kier alpha value is -2.19. The number of fused-ring (bicyclic) bond motifs is 2. The maximum absolute atomic E-state index is 14.7. The summed E-state index contributed by atoms with van der Waals surface area (Å²) in [5, 5.41) is 10.5. The molecule has 1 unspecified atom stereocenters. The number of nitrogens with zero attached hydrogens (tertiary/aromatic N) is 3. The summed E-state index contributed by atoms with van der Waals surface area (Å²) in [5.74, 6) is -2.06. The molecular formula is C30H47N3O5. The molecule has 2 saturated heterocycles. The number of aliphatic hydroxyl groups excluding tert-OH is 1. The molecule has 0 aromatic rings. The lowest BCUT2D eigenvalue weighted by Gasteiger charge is -2.46. The first-order valence-corrected chi connectivity index (χ1v) is 14.0. The van der Waals surface area contributed by atoms with E-state index < -0.39 is 40.7 Å². The van der Waals surface area contributed by atoms with Crippen molar-refractivity contribution in [3.8, 4) is 0 Å². The molecule has 4 rings (SSSR count). The molecule has 0 saturated carbocycles. The van der Waals surface area contributed by atoms with Crippen molar-refractivity contribution in [3.05, 3.63) is 24.3 Å². The van der Waals surface area contributed by atoms with Gasteiger partial charge in [0, 0.05) is 25.7 Å². The maximum Gasteiger partial charge on any atom is 0.249 e. The molecule has 3 amide bonds. The van der Waals surface area contributed by atoms with Crippen LogP contribution in [-0.4, -0.2) is 93.1 Å². The van der Waals surface area contributed by atoms with Gasteiger partial charge in [-0.2, -0.15) is 0 Å². The summed E-state index contributed by atoms with van der Waals surface area (Å²) in [5.41, 5.74) is -2.85. The van der Waals surface area contributed by atoms with Gasteiger partial charge < -0.3 is 24.5 Å². The lowest BCUT2D eigenvalue weighted by Crippen LogP contribution is -2.62. The number of ether oxygens (including phenoxy) is 1. The van der Waals surface area contributed by atoms with E-state index in [9.17, 15) is 19.5 Å². The van der Waals surface area contributed by atoms with Crippen molar-refractivity contribution in [2.24, 2.45) is 23.2 Å². The maximum atomic E-state index is 14.7. The molecule has 4 heterocycles. The van der Waals surface area contributed by atoms with E-state index in [-0.39, 0.29) is 35.7 Å². The predicted molar refractivity (Wildman–Crippen MR) is 146 cm³/mol. The number of amides is 3. The quantitative estimate of drug-likeness (QED) is 0.535. The molecule has 6 atom stereocenters. The highest BCUT2D eigenvalue weighted by molar-refractivity contribution is 6.00. The summed E-state index contributed by atoms with van der Waals surface area (Å²) in [6, 6.07) is -1.52. The Kier molecular flexibility index (Phi) is 7.18. The van der Waals surface area contributed by atoms with Gasteiger partial charge in [-0.1, -0.05) is 58.9 Å². The Labute approximate surface area is 228 Å². The number of hydrogen-bond donors (Lipinski definition) is 1. The van der Waals surface area contributed by atoms with Gasteiger partial charge in [0.2, 0.25) is 17.7 Å². The number of hydrogen-bond acceptors (Lipinski definition) is 5. The number of carbonyl (C=O) groups excluding carboxylic acids is 3. The van der Waals surface area contributed by atoms with E-state index in [1.165, 1.54) is 0 Å². The molecule has 0 aromatic heterocycles. The van der Waals surface area contributed by atoms with Crippen LogP contribution in [0.5, 0.6) is 0 Å². The van der Waals surface area contributed by atoms with Crippen LogP contribution in [-0.2, 0) is 19.1 Å². The van der Waals surface area contributed by atoms with Crippen LogP contribution >= 0.6 is 0 Å². The normalized spacial score (nSPS) is 34.4. The average Bonchev–Trinajstić information content (AvgIpc) is 3.05. The number of likely N-dealkylation sites (tertiary alicyclic amines) is 1. The van der Waals surface area contributed by atoms with Crippen LogP contribution in [0.25, 0.3) is 0 Å². The summed E-state index contributed by atoms with van der Waals surface area (Å²) >= 11 is 0. The van der Waals surface area contributed by atoms with Gasteiger partial charge in [0.15, 0.2) is 0 Å². The summed E-state index contributed by atoms with van der Waals surface area (Å²) in [6.07, 6.45) is 8.93. The third-order valence-electron chi connectivity index (χ3n) is 8.74. The lowest BCUT2D eigenvalue weighted by atomic mass is 9.74. The van der Waals surface area contributed by atoms with E-state index in [4.69, 9.17) is 4.74 Å². The predicted octanol–water partition coefficient (Wildman–Crippen LogP) is 3.01. The van der Waals surface area contributed by atoms with E-state index in [2.05, 4.69) is 34.6 Å². The fourth-order valence-corrected chi connectivity index (χ4v) is 7.73. The van der Waals surface area contributed by atoms with Crippen molar-refractivity contribution in [2.75, 3.05) is 26.7 Å². The topological polar surface area (TPSA) is 90.4 Å². The molecular weight excluding hydrogens is 482 g/mol. The van der Waals surface area contributed by atoms with Gasteiger partial charge in [0.1, 0.15) is 11.6 Å². The van der Waals surface area contributed by atoms with Crippen LogP contribution in [0.2, 0.25) is 0 Å². The van der Waals surface area contributed by atoms with Gasteiger partial charge in [-0.15, -0.1) is 0 Å². The molecule has 0 aliphatic carbocycles. The summed E-state index contributed by atoms with van der Waals surface area (Å²) in [4.78, 5) is 48.0. The summed E-state index contributed by atoms with van der Waals surface area (Å²) < 4.78 is 6.87. The molecule has 8 heteroatoms. The average molecular weight is 530 g/mol. The molecule has 0 radical (unpaired) electrons. The van der Waals surface area contributed by atoms with Crippen LogP contribution < -0.4 is 0 Å². The first kappa shape index (κ1) is 28.8. The van der Waals surface area contributed by atoms with E-state index >= 15 is 0 Å². The van der Waals surface area contributed by atoms with Crippen molar-refractivity contribution in [2.45, 2.75) is 97.1 Å². The first-order valence-electron chi connectivity index (χ1n) is 14.0. The minimum atomic E-state index is -1.30. The van der Waals surface area contributed by atoms with E-state index in [0.717, 1.165) is 6.42 Å². The second kappa shape index (κ2) is 9.47. The molecule has 8 nitrogen and oxygen atoms in total.